The van der Waals surface area contributed by atoms with Crippen molar-refractivity contribution in [3.8, 4) is 0 Å². The number of rotatable bonds is 0. The van der Waals surface area contributed by atoms with Gasteiger partial charge in [-0.2, -0.15) is 0 Å². The summed E-state index contributed by atoms with van der Waals surface area (Å²) >= 11 is 5.28. The molecule has 7 heavy (non-hydrogen) atoms. The van der Waals surface area contributed by atoms with Crippen LogP contribution < -0.4 is 5.73 Å². The summed E-state index contributed by atoms with van der Waals surface area (Å²) in [7, 11) is 0. The van der Waals surface area contributed by atoms with E-state index in [1.165, 1.54) is 12.8 Å². The van der Waals surface area contributed by atoms with Gasteiger partial charge in [-0.05, 0) is 12.8 Å². The first-order valence-corrected chi connectivity index (χ1v) is 4.20. The molecule has 1 nitrogen and oxygen atoms in total. The van der Waals surface area contributed by atoms with Gasteiger partial charge in [0.2, 0.25) is 0 Å². The van der Waals surface area contributed by atoms with Gasteiger partial charge in [-0.15, -0.1) is 11.8 Å². The van der Waals surface area contributed by atoms with Gasteiger partial charge in [0.25, 0.3) is 0 Å². The lowest BCUT2D eigenvalue weighted by atomic mass is 10.3. The van der Waals surface area contributed by atoms with Gasteiger partial charge in [-0.1, -0.05) is 15.9 Å². The molecule has 0 aromatic heterocycles. The van der Waals surface area contributed by atoms with Crippen molar-refractivity contribution >= 4 is 27.7 Å². The second-order valence-corrected chi connectivity index (χ2v) is 4.82. The van der Waals surface area contributed by atoms with E-state index in [4.69, 9.17) is 5.73 Å². The molecule has 3 heteroatoms. The van der Waals surface area contributed by atoms with Crippen molar-refractivity contribution in [1.82, 2.24) is 0 Å². The summed E-state index contributed by atoms with van der Waals surface area (Å²) in [5, 5.41) is 0.393. The van der Waals surface area contributed by atoms with Crippen LogP contribution in [0.4, 0.5) is 0 Å². The smallest absolute Gasteiger partial charge is 0.0616 e. The van der Waals surface area contributed by atoms with Crippen LogP contribution in [0, 0.1) is 0 Å². The number of alkyl halides is 1. The zero-order chi connectivity index (χ0) is 5.28. The van der Waals surface area contributed by atoms with E-state index in [0.717, 1.165) is 0 Å². The van der Waals surface area contributed by atoms with Crippen molar-refractivity contribution in [2.75, 3.05) is 0 Å². The standard InChI is InChI=1S/C4H8BrNS/c5-3-1-2-4(6)7-3/h3-4H,1-2,6H2. The Morgan fingerprint density at radius 3 is 2.43 bits per heavy atom. The largest absolute Gasteiger partial charge is 0.319 e. The van der Waals surface area contributed by atoms with Gasteiger partial charge in [-0.3, -0.25) is 0 Å². The molecule has 2 unspecified atom stereocenters. The molecule has 0 saturated carbocycles. The van der Waals surface area contributed by atoms with Gasteiger partial charge < -0.3 is 5.73 Å². The van der Waals surface area contributed by atoms with E-state index in [-0.39, 0.29) is 0 Å². The van der Waals surface area contributed by atoms with E-state index >= 15 is 0 Å². The lowest BCUT2D eigenvalue weighted by Gasteiger charge is -1.95. The van der Waals surface area contributed by atoms with Crippen LogP contribution in [0.5, 0.6) is 0 Å². The van der Waals surface area contributed by atoms with Crippen LogP contribution in [0.1, 0.15) is 12.8 Å². The molecule has 42 valence electrons. The van der Waals surface area contributed by atoms with Gasteiger partial charge in [0, 0.05) is 0 Å². The molecule has 0 spiro atoms. The van der Waals surface area contributed by atoms with Gasteiger partial charge in [0.1, 0.15) is 0 Å². The third-order valence-corrected chi connectivity index (χ3v) is 3.22. The molecular weight excluding hydrogens is 174 g/mol. The minimum Gasteiger partial charge on any atom is -0.319 e. The molecule has 2 atom stereocenters. The Bertz CT molecular complexity index is 60.7. The first-order valence-electron chi connectivity index (χ1n) is 2.34. The van der Waals surface area contributed by atoms with Crippen molar-refractivity contribution in [2.24, 2.45) is 5.73 Å². The van der Waals surface area contributed by atoms with Crippen molar-refractivity contribution < 1.29 is 0 Å². The summed E-state index contributed by atoms with van der Waals surface area (Å²) in [5.41, 5.74) is 5.56. The number of halogens is 1. The molecule has 1 aliphatic rings. The van der Waals surface area contributed by atoms with Crippen molar-refractivity contribution in [1.29, 1.82) is 0 Å². The molecule has 0 aliphatic carbocycles. The predicted molar refractivity (Wildman–Crippen MR) is 37.5 cm³/mol. The minimum absolute atomic E-state index is 0.393. The van der Waals surface area contributed by atoms with Crippen LogP contribution in [0.3, 0.4) is 0 Å². The second-order valence-electron chi connectivity index (χ2n) is 1.66. The Labute approximate surface area is 56.2 Å². The quantitative estimate of drug-likeness (QED) is 0.574. The van der Waals surface area contributed by atoms with E-state index in [0.29, 0.717) is 9.53 Å². The first-order chi connectivity index (χ1) is 3.29. The van der Waals surface area contributed by atoms with Crippen LogP contribution in [-0.2, 0) is 0 Å². The lowest BCUT2D eigenvalue weighted by molar-refractivity contribution is 0.805. The third kappa shape index (κ3) is 1.63. The molecule has 0 aromatic rings. The van der Waals surface area contributed by atoms with Gasteiger partial charge >= 0.3 is 0 Å². The Morgan fingerprint density at radius 2 is 2.29 bits per heavy atom. The number of hydrogen-bond acceptors (Lipinski definition) is 2. The van der Waals surface area contributed by atoms with Crippen LogP contribution >= 0.6 is 27.7 Å². The molecule has 0 bridgehead atoms. The molecule has 0 amide bonds. The number of thioether (sulfide) groups is 1. The van der Waals surface area contributed by atoms with Crippen LogP contribution in [-0.4, -0.2) is 9.53 Å². The predicted octanol–water partition coefficient (Wildman–Crippen LogP) is 1.52. The molecule has 2 N–H and O–H groups in total. The first kappa shape index (κ1) is 5.92. The van der Waals surface area contributed by atoms with Crippen molar-refractivity contribution in [3.63, 3.8) is 0 Å². The summed E-state index contributed by atoms with van der Waals surface area (Å²) in [5.74, 6) is 0. The van der Waals surface area contributed by atoms with Crippen LogP contribution in [0.2, 0.25) is 0 Å². The molecule has 1 saturated heterocycles. The zero-order valence-electron chi connectivity index (χ0n) is 3.93. The Balaban J connectivity index is 2.26. The van der Waals surface area contributed by atoms with Gasteiger partial charge in [-0.25, -0.2) is 0 Å². The fourth-order valence-corrected chi connectivity index (χ4v) is 2.64. The average Bonchev–Trinajstić information content (AvgIpc) is 1.87. The summed E-state index contributed by atoms with van der Waals surface area (Å²) in [6.45, 7) is 0. The van der Waals surface area contributed by atoms with Crippen LogP contribution in [0.15, 0.2) is 0 Å². The fraction of sp³-hybridized carbons (Fsp3) is 1.00. The highest BCUT2D eigenvalue weighted by molar-refractivity contribution is 9.11. The summed E-state index contributed by atoms with van der Waals surface area (Å²) in [4.78, 5) is 0. The van der Waals surface area contributed by atoms with Crippen molar-refractivity contribution in [3.05, 3.63) is 0 Å². The van der Waals surface area contributed by atoms with E-state index in [2.05, 4.69) is 15.9 Å². The van der Waals surface area contributed by atoms with Gasteiger partial charge in [0.15, 0.2) is 0 Å². The number of hydrogen-bond donors (Lipinski definition) is 1. The third-order valence-electron chi connectivity index (χ3n) is 1.00. The molecule has 1 fully saturated rings. The molecule has 1 heterocycles. The van der Waals surface area contributed by atoms with E-state index < -0.39 is 0 Å². The summed E-state index contributed by atoms with van der Waals surface area (Å²) in [6.07, 6.45) is 2.40. The molecule has 1 aliphatic heterocycles. The molecule has 0 radical (unpaired) electrons. The Kier molecular flexibility index (Phi) is 2.01. The Morgan fingerprint density at radius 1 is 1.57 bits per heavy atom. The average molecular weight is 182 g/mol. The Hall–Kier alpha value is 0.790. The minimum atomic E-state index is 0.393. The SMILES string of the molecule is NC1CCC(Br)S1. The maximum Gasteiger partial charge on any atom is 0.0616 e. The normalized spacial score (nSPS) is 42.0. The fourth-order valence-electron chi connectivity index (χ4n) is 0.621. The highest BCUT2D eigenvalue weighted by Crippen LogP contribution is 2.33. The monoisotopic (exact) mass is 181 g/mol. The van der Waals surface area contributed by atoms with E-state index in [1.54, 1.807) is 0 Å². The summed E-state index contributed by atoms with van der Waals surface area (Å²) in [6, 6.07) is 0. The van der Waals surface area contributed by atoms with E-state index in [1.807, 2.05) is 11.8 Å². The molecule has 1 rings (SSSR count). The summed E-state index contributed by atoms with van der Waals surface area (Å²) < 4.78 is 0.627. The molecular formula is C4H8BrNS. The van der Waals surface area contributed by atoms with Crippen molar-refractivity contribution in [2.45, 2.75) is 22.4 Å². The lowest BCUT2D eigenvalue weighted by Crippen LogP contribution is -2.09. The zero-order valence-corrected chi connectivity index (χ0v) is 6.33. The van der Waals surface area contributed by atoms with Gasteiger partial charge in [0.05, 0.1) is 9.53 Å². The number of nitrogens with two attached hydrogens (primary N) is 1. The maximum absolute atomic E-state index is 5.56. The van der Waals surface area contributed by atoms with E-state index in [9.17, 15) is 0 Å². The maximum atomic E-state index is 5.56. The second kappa shape index (κ2) is 2.37. The highest BCUT2D eigenvalue weighted by Gasteiger charge is 2.18. The topological polar surface area (TPSA) is 26.0 Å². The molecule has 0 aromatic carbocycles. The van der Waals surface area contributed by atoms with Crippen LogP contribution in [0.25, 0.3) is 0 Å². The highest BCUT2D eigenvalue weighted by atomic mass is 79.9.